The van der Waals surface area contributed by atoms with E-state index < -0.39 is 0 Å². The quantitative estimate of drug-likeness (QED) is 0.759. The van der Waals surface area contributed by atoms with Gasteiger partial charge in [0.15, 0.2) is 11.5 Å². The van der Waals surface area contributed by atoms with Gasteiger partial charge in [-0.05, 0) is 30.2 Å². The SMILES string of the molecule is Cl.NC[C@@H]1CN(C(=O)c2cc(-c3ccco3)on2)C[C@H]1c1ccccc1. The van der Waals surface area contributed by atoms with Crippen molar-refractivity contribution in [1.29, 1.82) is 0 Å². The molecule has 7 heteroatoms. The summed E-state index contributed by atoms with van der Waals surface area (Å²) in [6, 6.07) is 15.3. The fourth-order valence-electron chi connectivity index (χ4n) is 3.43. The summed E-state index contributed by atoms with van der Waals surface area (Å²) in [5.41, 5.74) is 7.45. The Morgan fingerprint density at radius 1 is 1.15 bits per heavy atom. The number of hydrogen-bond acceptors (Lipinski definition) is 5. The molecule has 3 aromatic rings. The highest BCUT2D eigenvalue weighted by atomic mass is 35.5. The molecule has 6 nitrogen and oxygen atoms in total. The normalized spacial score (nSPS) is 19.3. The number of amides is 1. The van der Waals surface area contributed by atoms with Crippen LogP contribution in [0.15, 0.2) is 63.7 Å². The van der Waals surface area contributed by atoms with Crippen LogP contribution in [0.5, 0.6) is 0 Å². The fraction of sp³-hybridized carbons (Fsp3) is 0.263. The van der Waals surface area contributed by atoms with Crippen LogP contribution in [0.3, 0.4) is 0 Å². The zero-order chi connectivity index (χ0) is 17.2. The molecule has 1 fully saturated rings. The average molecular weight is 374 g/mol. The van der Waals surface area contributed by atoms with Crippen LogP contribution in [0.25, 0.3) is 11.5 Å². The highest BCUT2D eigenvalue weighted by Crippen LogP contribution is 2.33. The van der Waals surface area contributed by atoms with Gasteiger partial charge in [-0.15, -0.1) is 12.4 Å². The second-order valence-electron chi connectivity index (χ2n) is 6.28. The average Bonchev–Trinajstić information content (AvgIpc) is 3.41. The van der Waals surface area contributed by atoms with Gasteiger partial charge in [-0.2, -0.15) is 0 Å². The standard InChI is InChI=1S/C19H19N3O3.ClH/c20-10-14-11-22(12-15(14)13-5-2-1-3-6-13)19(23)16-9-18(25-21-16)17-7-4-8-24-17;/h1-9,14-15H,10-12,20H2;1H/t14-,15+;/m1./s1. The smallest absolute Gasteiger partial charge is 0.276 e. The largest absolute Gasteiger partial charge is 0.461 e. The van der Waals surface area contributed by atoms with Crippen molar-refractivity contribution in [3.05, 3.63) is 66.1 Å². The van der Waals surface area contributed by atoms with Crippen LogP contribution < -0.4 is 5.73 Å². The number of furan rings is 1. The molecule has 1 amide bonds. The molecule has 4 rings (SSSR count). The minimum atomic E-state index is -0.140. The van der Waals surface area contributed by atoms with E-state index in [0.717, 1.165) is 0 Å². The molecule has 136 valence electrons. The maximum absolute atomic E-state index is 12.8. The first-order valence-electron chi connectivity index (χ1n) is 8.31. The summed E-state index contributed by atoms with van der Waals surface area (Å²) in [5, 5.41) is 3.91. The Morgan fingerprint density at radius 2 is 1.96 bits per heavy atom. The molecule has 2 aromatic heterocycles. The maximum Gasteiger partial charge on any atom is 0.276 e. The number of likely N-dealkylation sites (tertiary alicyclic amines) is 1. The van der Waals surface area contributed by atoms with E-state index in [4.69, 9.17) is 14.7 Å². The summed E-state index contributed by atoms with van der Waals surface area (Å²) < 4.78 is 10.5. The van der Waals surface area contributed by atoms with Crippen molar-refractivity contribution in [2.45, 2.75) is 5.92 Å². The van der Waals surface area contributed by atoms with Crippen LogP contribution in [-0.4, -0.2) is 35.6 Å². The molecule has 2 N–H and O–H groups in total. The molecule has 0 spiro atoms. The van der Waals surface area contributed by atoms with Crippen LogP contribution in [0.2, 0.25) is 0 Å². The van der Waals surface area contributed by atoms with Crippen LogP contribution >= 0.6 is 12.4 Å². The van der Waals surface area contributed by atoms with Crippen molar-refractivity contribution in [2.75, 3.05) is 19.6 Å². The van der Waals surface area contributed by atoms with E-state index in [1.54, 1.807) is 29.4 Å². The van der Waals surface area contributed by atoms with E-state index in [1.807, 2.05) is 18.2 Å². The van der Waals surface area contributed by atoms with Crippen LogP contribution in [0, 0.1) is 5.92 Å². The molecule has 0 radical (unpaired) electrons. The highest BCUT2D eigenvalue weighted by molar-refractivity contribution is 5.93. The van der Waals surface area contributed by atoms with Gasteiger partial charge in [-0.3, -0.25) is 4.79 Å². The molecule has 0 saturated carbocycles. The second-order valence-corrected chi connectivity index (χ2v) is 6.28. The van der Waals surface area contributed by atoms with Gasteiger partial charge in [0, 0.05) is 25.1 Å². The Bertz CT molecular complexity index is 848. The molecule has 3 heterocycles. The Hall–Kier alpha value is -2.57. The fourth-order valence-corrected chi connectivity index (χ4v) is 3.43. The number of nitrogens with two attached hydrogens (primary N) is 1. The number of rotatable bonds is 4. The highest BCUT2D eigenvalue weighted by Gasteiger charge is 2.36. The predicted molar refractivity (Wildman–Crippen MR) is 99.1 cm³/mol. The summed E-state index contributed by atoms with van der Waals surface area (Å²) in [4.78, 5) is 14.6. The third kappa shape index (κ3) is 3.38. The monoisotopic (exact) mass is 373 g/mol. The lowest BCUT2D eigenvalue weighted by Crippen LogP contribution is -2.30. The van der Waals surface area contributed by atoms with Crippen LogP contribution in [-0.2, 0) is 0 Å². The van der Waals surface area contributed by atoms with Crippen molar-refractivity contribution >= 4 is 18.3 Å². The summed E-state index contributed by atoms with van der Waals surface area (Å²) in [6.45, 7) is 1.80. The van der Waals surface area contributed by atoms with Gasteiger partial charge in [-0.1, -0.05) is 35.5 Å². The zero-order valence-electron chi connectivity index (χ0n) is 14.1. The Morgan fingerprint density at radius 3 is 2.65 bits per heavy atom. The van der Waals surface area contributed by atoms with Gasteiger partial charge < -0.3 is 19.6 Å². The number of hydrogen-bond donors (Lipinski definition) is 1. The van der Waals surface area contributed by atoms with Crippen molar-refractivity contribution in [2.24, 2.45) is 11.7 Å². The number of nitrogens with zero attached hydrogens (tertiary/aromatic N) is 2. The van der Waals surface area contributed by atoms with E-state index in [2.05, 4.69) is 17.3 Å². The number of carbonyl (C=O) groups excluding carboxylic acids is 1. The summed E-state index contributed by atoms with van der Waals surface area (Å²) in [6.07, 6.45) is 1.55. The third-order valence-electron chi connectivity index (χ3n) is 4.75. The number of aromatic nitrogens is 1. The molecule has 1 saturated heterocycles. The molecule has 1 aromatic carbocycles. The summed E-state index contributed by atoms with van der Waals surface area (Å²) >= 11 is 0. The molecular weight excluding hydrogens is 354 g/mol. The minimum Gasteiger partial charge on any atom is -0.461 e. The minimum absolute atomic E-state index is 0. The van der Waals surface area contributed by atoms with Gasteiger partial charge >= 0.3 is 0 Å². The topological polar surface area (TPSA) is 85.5 Å². The first kappa shape index (κ1) is 18.2. The van der Waals surface area contributed by atoms with Gasteiger partial charge in [-0.25, -0.2) is 0 Å². The number of halogens is 1. The third-order valence-corrected chi connectivity index (χ3v) is 4.75. The first-order chi connectivity index (χ1) is 12.3. The lowest BCUT2D eigenvalue weighted by Gasteiger charge is -2.16. The molecule has 2 atom stereocenters. The van der Waals surface area contributed by atoms with Crippen molar-refractivity contribution in [3.8, 4) is 11.5 Å². The lowest BCUT2D eigenvalue weighted by atomic mass is 9.89. The molecular formula is C19H20ClN3O3. The maximum atomic E-state index is 12.8. The van der Waals surface area contributed by atoms with E-state index >= 15 is 0 Å². The Labute approximate surface area is 157 Å². The summed E-state index contributed by atoms with van der Waals surface area (Å²) in [5.74, 6) is 1.34. The molecule has 1 aliphatic heterocycles. The van der Waals surface area contributed by atoms with Gasteiger partial charge in [0.2, 0.25) is 5.76 Å². The van der Waals surface area contributed by atoms with Crippen LogP contribution in [0.4, 0.5) is 0 Å². The van der Waals surface area contributed by atoms with E-state index in [0.29, 0.717) is 31.2 Å². The van der Waals surface area contributed by atoms with Crippen LogP contribution in [0.1, 0.15) is 22.0 Å². The summed E-state index contributed by atoms with van der Waals surface area (Å²) in [7, 11) is 0. The van der Waals surface area contributed by atoms with Crippen molar-refractivity contribution in [3.63, 3.8) is 0 Å². The van der Waals surface area contributed by atoms with Crippen molar-refractivity contribution in [1.82, 2.24) is 10.1 Å². The molecule has 0 aliphatic carbocycles. The second kappa shape index (κ2) is 7.76. The Kier molecular flexibility index (Phi) is 5.44. The van der Waals surface area contributed by atoms with E-state index in [1.165, 1.54) is 5.56 Å². The van der Waals surface area contributed by atoms with Gasteiger partial charge in [0.05, 0.1) is 6.26 Å². The van der Waals surface area contributed by atoms with E-state index in [-0.39, 0.29) is 35.8 Å². The Balaban J connectivity index is 0.00000196. The zero-order valence-corrected chi connectivity index (χ0v) is 14.9. The lowest BCUT2D eigenvalue weighted by molar-refractivity contribution is 0.0776. The van der Waals surface area contributed by atoms with Gasteiger partial charge in [0.25, 0.3) is 5.91 Å². The van der Waals surface area contributed by atoms with E-state index in [9.17, 15) is 4.79 Å². The van der Waals surface area contributed by atoms with Gasteiger partial charge in [0.1, 0.15) is 0 Å². The number of benzene rings is 1. The predicted octanol–water partition coefficient (Wildman–Crippen LogP) is 3.17. The first-order valence-corrected chi connectivity index (χ1v) is 8.31. The molecule has 0 unspecified atom stereocenters. The number of carbonyl (C=O) groups is 1. The van der Waals surface area contributed by atoms with Crippen molar-refractivity contribution < 1.29 is 13.7 Å². The molecule has 26 heavy (non-hydrogen) atoms. The molecule has 1 aliphatic rings. The molecule has 0 bridgehead atoms.